The first kappa shape index (κ1) is 8.20. The summed E-state index contributed by atoms with van der Waals surface area (Å²) in [6.07, 6.45) is 0. The largest absolute Gasteiger partial charge is 0.394 e. The third kappa shape index (κ3) is 1.57. The second-order valence-electron chi connectivity index (χ2n) is 2.68. The van der Waals surface area contributed by atoms with Crippen molar-refractivity contribution in [1.82, 2.24) is 14.8 Å². The monoisotopic (exact) mass is 155 g/mol. The van der Waals surface area contributed by atoms with Crippen LogP contribution in [0.3, 0.4) is 0 Å². The van der Waals surface area contributed by atoms with Crippen molar-refractivity contribution in [2.24, 2.45) is 0 Å². The van der Waals surface area contributed by atoms with Crippen LogP contribution in [0.5, 0.6) is 0 Å². The van der Waals surface area contributed by atoms with E-state index < -0.39 is 0 Å². The Balaban J connectivity index is 2.93. The van der Waals surface area contributed by atoms with Gasteiger partial charge in [0.25, 0.3) is 0 Å². The molecule has 11 heavy (non-hydrogen) atoms. The Morgan fingerprint density at radius 1 is 1.55 bits per heavy atom. The highest BCUT2D eigenvalue weighted by atomic mass is 16.3. The Morgan fingerprint density at radius 3 is 2.55 bits per heavy atom. The molecule has 0 aromatic carbocycles. The molecule has 4 nitrogen and oxygen atoms in total. The molecule has 1 heterocycles. The van der Waals surface area contributed by atoms with E-state index in [-0.39, 0.29) is 12.6 Å². The van der Waals surface area contributed by atoms with Crippen LogP contribution < -0.4 is 0 Å². The lowest BCUT2D eigenvalue weighted by atomic mass is 10.4. The van der Waals surface area contributed by atoms with Gasteiger partial charge in [0.1, 0.15) is 11.6 Å². The number of aliphatic hydroxyl groups excluding tert-OH is 1. The standard InChI is InChI=1S/C7H13N3O/c1-5(4-11)10-7(3)8-6(2)9-10/h5,11H,4H2,1-3H3/t5-/m0/s1. The molecule has 0 saturated heterocycles. The molecule has 0 bridgehead atoms. The zero-order valence-corrected chi connectivity index (χ0v) is 7.07. The molecule has 62 valence electrons. The van der Waals surface area contributed by atoms with Crippen molar-refractivity contribution in [2.75, 3.05) is 6.61 Å². The maximum Gasteiger partial charge on any atom is 0.147 e. The van der Waals surface area contributed by atoms with E-state index in [0.29, 0.717) is 0 Å². The van der Waals surface area contributed by atoms with Gasteiger partial charge in [0.15, 0.2) is 0 Å². The molecule has 0 fully saturated rings. The zero-order valence-electron chi connectivity index (χ0n) is 7.07. The Hall–Kier alpha value is -0.900. The fourth-order valence-electron chi connectivity index (χ4n) is 1.03. The van der Waals surface area contributed by atoms with E-state index in [1.165, 1.54) is 0 Å². The second kappa shape index (κ2) is 3.00. The van der Waals surface area contributed by atoms with Gasteiger partial charge < -0.3 is 5.11 Å². The normalized spacial score (nSPS) is 13.5. The van der Waals surface area contributed by atoms with Gasteiger partial charge in [0, 0.05) is 0 Å². The molecule has 0 unspecified atom stereocenters. The van der Waals surface area contributed by atoms with Gasteiger partial charge in [-0.05, 0) is 20.8 Å². The van der Waals surface area contributed by atoms with Crippen molar-refractivity contribution in [3.8, 4) is 0 Å². The summed E-state index contributed by atoms with van der Waals surface area (Å²) in [4.78, 5) is 4.12. The smallest absolute Gasteiger partial charge is 0.147 e. The van der Waals surface area contributed by atoms with Crippen LogP contribution in [0.1, 0.15) is 24.6 Å². The molecule has 1 aromatic heterocycles. The van der Waals surface area contributed by atoms with E-state index in [2.05, 4.69) is 10.1 Å². The summed E-state index contributed by atoms with van der Waals surface area (Å²) in [6, 6.07) is 0.0243. The Bertz CT molecular complexity index is 244. The number of rotatable bonds is 2. The fourth-order valence-corrected chi connectivity index (χ4v) is 1.03. The molecule has 0 amide bonds. The van der Waals surface area contributed by atoms with E-state index in [9.17, 15) is 0 Å². The lowest BCUT2D eigenvalue weighted by molar-refractivity contribution is 0.227. The number of aryl methyl sites for hydroxylation is 2. The van der Waals surface area contributed by atoms with Crippen LogP contribution in [0.4, 0.5) is 0 Å². The molecular weight excluding hydrogens is 142 g/mol. The van der Waals surface area contributed by atoms with Crippen LogP contribution in [0.25, 0.3) is 0 Å². The number of hydrogen-bond acceptors (Lipinski definition) is 3. The van der Waals surface area contributed by atoms with E-state index in [1.807, 2.05) is 20.8 Å². The minimum Gasteiger partial charge on any atom is -0.394 e. The third-order valence-corrected chi connectivity index (χ3v) is 1.59. The van der Waals surface area contributed by atoms with Crippen LogP contribution in [0.2, 0.25) is 0 Å². The summed E-state index contributed by atoms with van der Waals surface area (Å²) in [5.41, 5.74) is 0. The van der Waals surface area contributed by atoms with E-state index in [4.69, 9.17) is 5.11 Å². The predicted molar refractivity (Wildman–Crippen MR) is 41.3 cm³/mol. The fraction of sp³-hybridized carbons (Fsp3) is 0.714. The van der Waals surface area contributed by atoms with Crippen LogP contribution in [-0.4, -0.2) is 26.5 Å². The lowest BCUT2D eigenvalue weighted by Crippen LogP contribution is -2.12. The minimum atomic E-state index is 0.0243. The Kier molecular flexibility index (Phi) is 2.24. The molecule has 0 aliphatic heterocycles. The summed E-state index contributed by atoms with van der Waals surface area (Å²) >= 11 is 0. The molecule has 1 atom stereocenters. The molecule has 0 saturated carbocycles. The van der Waals surface area contributed by atoms with Crippen molar-refractivity contribution >= 4 is 0 Å². The van der Waals surface area contributed by atoms with Crippen LogP contribution >= 0.6 is 0 Å². The van der Waals surface area contributed by atoms with Crippen LogP contribution in [0.15, 0.2) is 0 Å². The second-order valence-corrected chi connectivity index (χ2v) is 2.68. The van der Waals surface area contributed by atoms with Crippen LogP contribution in [0, 0.1) is 13.8 Å². The van der Waals surface area contributed by atoms with Gasteiger partial charge in [0.2, 0.25) is 0 Å². The van der Waals surface area contributed by atoms with Crippen LogP contribution in [-0.2, 0) is 0 Å². The highest BCUT2D eigenvalue weighted by Crippen LogP contribution is 2.05. The first-order chi connectivity index (χ1) is 5.15. The first-order valence-electron chi connectivity index (χ1n) is 3.65. The van der Waals surface area contributed by atoms with Crippen molar-refractivity contribution < 1.29 is 5.11 Å². The summed E-state index contributed by atoms with van der Waals surface area (Å²) in [5, 5.41) is 13.0. The SMILES string of the molecule is Cc1nc(C)n([C@@H](C)CO)n1. The summed E-state index contributed by atoms with van der Waals surface area (Å²) in [7, 11) is 0. The number of nitrogens with zero attached hydrogens (tertiary/aromatic N) is 3. The first-order valence-corrected chi connectivity index (χ1v) is 3.65. The molecule has 0 aliphatic rings. The number of aromatic nitrogens is 3. The molecule has 1 rings (SSSR count). The highest BCUT2D eigenvalue weighted by Gasteiger charge is 2.08. The maximum absolute atomic E-state index is 8.83. The van der Waals surface area contributed by atoms with E-state index >= 15 is 0 Å². The molecule has 1 N–H and O–H groups in total. The average Bonchev–Trinajstić information content (AvgIpc) is 2.28. The minimum absolute atomic E-state index is 0.0243. The third-order valence-electron chi connectivity index (χ3n) is 1.59. The van der Waals surface area contributed by atoms with Gasteiger partial charge in [-0.25, -0.2) is 9.67 Å². The van der Waals surface area contributed by atoms with Gasteiger partial charge in [-0.3, -0.25) is 0 Å². The van der Waals surface area contributed by atoms with Crippen molar-refractivity contribution in [1.29, 1.82) is 0 Å². The number of hydrogen-bond donors (Lipinski definition) is 1. The Labute approximate surface area is 65.9 Å². The summed E-state index contributed by atoms with van der Waals surface area (Å²) < 4.78 is 1.73. The molecule has 0 spiro atoms. The molecule has 0 radical (unpaired) electrons. The van der Waals surface area contributed by atoms with Crippen molar-refractivity contribution in [3.63, 3.8) is 0 Å². The van der Waals surface area contributed by atoms with Crippen molar-refractivity contribution in [3.05, 3.63) is 11.6 Å². The topological polar surface area (TPSA) is 50.9 Å². The summed E-state index contributed by atoms with van der Waals surface area (Å²) in [5.74, 6) is 1.60. The maximum atomic E-state index is 8.83. The Morgan fingerprint density at radius 2 is 2.18 bits per heavy atom. The van der Waals surface area contributed by atoms with Gasteiger partial charge >= 0.3 is 0 Å². The van der Waals surface area contributed by atoms with E-state index in [1.54, 1.807) is 4.68 Å². The number of aliphatic hydroxyl groups is 1. The van der Waals surface area contributed by atoms with Gasteiger partial charge in [0.05, 0.1) is 12.6 Å². The molecule has 1 aromatic rings. The quantitative estimate of drug-likeness (QED) is 0.674. The van der Waals surface area contributed by atoms with Crippen molar-refractivity contribution in [2.45, 2.75) is 26.8 Å². The van der Waals surface area contributed by atoms with Gasteiger partial charge in [-0.15, -0.1) is 0 Å². The lowest BCUT2D eigenvalue weighted by Gasteiger charge is -2.08. The van der Waals surface area contributed by atoms with E-state index in [0.717, 1.165) is 11.6 Å². The van der Waals surface area contributed by atoms with Gasteiger partial charge in [-0.1, -0.05) is 0 Å². The summed E-state index contributed by atoms with van der Waals surface area (Å²) in [6.45, 7) is 5.73. The molecule has 4 heteroatoms. The molecular formula is C7H13N3O. The average molecular weight is 155 g/mol. The molecule has 0 aliphatic carbocycles. The van der Waals surface area contributed by atoms with Gasteiger partial charge in [-0.2, -0.15) is 5.10 Å². The highest BCUT2D eigenvalue weighted by molar-refractivity contribution is 4.89. The zero-order chi connectivity index (χ0) is 8.43. The predicted octanol–water partition coefficient (Wildman–Crippen LogP) is 0.448.